The van der Waals surface area contributed by atoms with Crippen molar-refractivity contribution >= 4 is 40.4 Å². The first-order valence-corrected chi connectivity index (χ1v) is 10.4. The van der Waals surface area contributed by atoms with Crippen LogP contribution >= 0.6 is 11.6 Å². The minimum Gasteiger partial charge on any atom is -0.350 e. The number of benzene rings is 3. The Kier molecular flexibility index (Phi) is 5.42. The molecule has 2 amide bonds. The maximum Gasteiger partial charge on any atom is 0.282 e. The van der Waals surface area contributed by atoms with Crippen molar-refractivity contribution in [2.75, 3.05) is 10.2 Å². The lowest BCUT2D eigenvalue weighted by atomic mass is 9.97. The Morgan fingerprint density at radius 3 is 2.23 bits per heavy atom. The molecule has 3 aromatic carbocycles. The molecule has 1 aliphatic heterocycles. The van der Waals surface area contributed by atoms with Crippen LogP contribution in [0.25, 0.3) is 5.57 Å². The molecular formula is C26H23ClN2O2. The summed E-state index contributed by atoms with van der Waals surface area (Å²) in [5.74, 6) is -0.760. The molecule has 0 spiro atoms. The predicted molar refractivity (Wildman–Crippen MR) is 126 cm³/mol. The molecule has 4 rings (SSSR count). The predicted octanol–water partition coefficient (Wildman–Crippen LogP) is 5.97. The van der Waals surface area contributed by atoms with Crippen LogP contribution in [0.4, 0.5) is 11.4 Å². The van der Waals surface area contributed by atoms with E-state index in [0.29, 0.717) is 21.8 Å². The number of carbonyl (C=O) groups is 2. The number of amides is 2. The van der Waals surface area contributed by atoms with Crippen LogP contribution < -0.4 is 10.2 Å². The number of hydrogen-bond acceptors (Lipinski definition) is 3. The summed E-state index contributed by atoms with van der Waals surface area (Å²) in [7, 11) is 0. The van der Waals surface area contributed by atoms with Gasteiger partial charge in [-0.15, -0.1) is 0 Å². The molecule has 31 heavy (non-hydrogen) atoms. The molecule has 1 N–H and O–H groups in total. The Morgan fingerprint density at radius 1 is 0.806 bits per heavy atom. The first-order chi connectivity index (χ1) is 14.8. The lowest BCUT2D eigenvalue weighted by Gasteiger charge is -2.18. The summed E-state index contributed by atoms with van der Waals surface area (Å²) >= 11 is 6.29. The number of halogens is 1. The van der Waals surface area contributed by atoms with Gasteiger partial charge in [0, 0.05) is 10.7 Å². The molecule has 3 aromatic rings. The van der Waals surface area contributed by atoms with Crippen molar-refractivity contribution in [3.63, 3.8) is 0 Å². The standard InChI is InChI=1S/C26H23ClN2O2/c1-15-7-5-8-19(14-15)28-24-23(20-12-11-16(2)13-17(20)3)25(30)29(26(24)31)22-10-6-9-21(27)18(22)4/h5-14,28H,1-4H3. The van der Waals surface area contributed by atoms with Crippen molar-refractivity contribution in [1.82, 2.24) is 0 Å². The van der Waals surface area contributed by atoms with Gasteiger partial charge in [-0.3, -0.25) is 9.59 Å². The first-order valence-electron chi connectivity index (χ1n) is 10.1. The zero-order chi connectivity index (χ0) is 22.3. The van der Waals surface area contributed by atoms with Crippen LogP contribution in [0.3, 0.4) is 0 Å². The molecule has 0 fully saturated rings. The third kappa shape index (κ3) is 3.75. The van der Waals surface area contributed by atoms with E-state index in [-0.39, 0.29) is 11.6 Å². The summed E-state index contributed by atoms with van der Waals surface area (Å²) in [5.41, 5.74) is 6.37. The summed E-state index contributed by atoms with van der Waals surface area (Å²) in [4.78, 5) is 28.4. The van der Waals surface area contributed by atoms with Crippen molar-refractivity contribution in [2.45, 2.75) is 27.7 Å². The maximum absolute atomic E-state index is 13.6. The van der Waals surface area contributed by atoms with Crippen LogP contribution in [0.1, 0.15) is 27.8 Å². The van der Waals surface area contributed by atoms with Gasteiger partial charge in [-0.1, -0.05) is 53.6 Å². The van der Waals surface area contributed by atoms with Gasteiger partial charge in [0.15, 0.2) is 0 Å². The normalized spacial score (nSPS) is 13.9. The van der Waals surface area contributed by atoms with Gasteiger partial charge in [-0.05, 0) is 74.2 Å². The first kappa shape index (κ1) is 20.9. The van der Waals surface area contributed by atoms with E-state index in [0.717, 1.165) is 27.9 Å². The summed E-state index contributed by atoms with van der Waals surface area (Å²) in [6, 6.07) is 18.8. The van der Waals surface area contributed by atoms with E-state index in [2.05, 4.69) is 5.32 Å². The molecule has 0 bridgehead atoms. The van der Waals surface area contributed by atoms with E-state index in [1.807, 2.05) is 63.2 Å². The minimum atomic E-state index is -0.396. The highest BCUT2D eigenvalue weighted by Crippen LogP contribution is 2.37. The van der Waals surface area contributed by atoms with Gasteiger partial charge in [0.05, 0.1) is 11.3 Å². The van der Waals surface area contributed by atoms with Crippen molar-refractivity contribution in [3.8, 4) is 0 Å². The highest BCUT2D eigenvalue weighted by Gasteiger charge is 2.41. The van der Waals surface area contributed by atoms with Gasteiger partial charge < -0.3 is 5.32 Å². The third-order valence-electron chi connectivity index (χ3n) is 5.50. The number of carbonyl (C=O) groups excluding carboxylic acids is 2. The molecular weight excluding hydrogens is 408 g/mol. The molecule has 0 aromatic heterocycles. The number of rotatable bonds is 4. The number of aryl methyl sites for hydroxylation is 3. The zero-order valence-corrected chi connectivity index (χ0v) is 18.7. The fraction of sp³-hybridized carbons (Fsp3) is 0.154. The van der Waals surface area contributed by atoms with Crippen molar-refractivity contribution in [1.29, 1.82) is 0 Å². The second-order valence-electron chi connectivity index (χ2n) is 7.89. The van der Waals surface area contributed by atoms with Crippen LogP contribution in [0.5, 0.6) is 0 Å². The monoisotopic (exact) mass is 430 g/mol. The average molecular weight is 431 g/mol. The van der Waals surface area contributed by atoms with Crippen molar-refractivity contribution < 1.29 is 9.59 Å². The molecule has 156 valence electrons. The highest BCUT2D eigenvalue weighted by atomic mass is 35.5. The Balaban J connectivity index is 1.89. The fourth-order valence-corrected chi connectivity index (χ4v) is 4.08. The molecule has 0 atom stereocenters. The van der Waals surface area contributed by atoms with Crippen LogP contribution in [0.2, 0.25) is 5.02 Å². The molecule has 5 heteroatoms. The van der Waals surface area contributed by atoms with Gasteiger partial charge in [0.2, 0.25) is 0 Å². The quantitative estimate of drug-likeness (QED) is 0.518. The SMILES string of the molecule is Cc1cccc(NC2=C(c3ccc(C)cc3C)C(=O)N(c3cccc(Cl)c3C)C2=O)c1. The van der Waals surface area contributed by atoms with E-state index < -0.39 is 5.91 Å². The number of nitrogens with one attached hydrogen (secondary N) is 1. The molecule has 1 heterocycles. The van der Waals surface area contributed by atoms with E-state index in [4.69, 9.17) is 11.6 Å². The molecule has 1 aliphatic rings. The minimum absolute atomic E-state index is 0.266. The Bertz CT molecular complexity index is 1260. The summed E-state index contributed by atoms with van der Waals surface area (Å²) < 4.78 is 0. The third-order valence-corrected chi connectivity index (χ3v) is 5.91. The van der Waals surface area contributed by atoms with Gasteiger partial charge in [0.25, 0.3) is 11.8 Å². The molecule has 0 radical (unpaired) electrons. The van der Waals surface area contributed by atoms with E-state index in [9.17, 15) is 9.59 Å². The topological polar surface area (TPSA) is 49.4 Å². The van der Waals surface area contributed by atoms with Gasteiger partial charge in [0.1, 0.15) is 5.70 Å². The highest BCUT2D eigenvalue weighted by molar-refractivity contribution is 6.46. The Labute approximate surface area is 187 Å². The second kappa shape index (κ2) is 8.05. The lowest BCUT2D eigenvalue weighted by Crippen LogP contribution is -2.33. The van der Waals surface area contributed by atoms with Gasteiger partial charge in [-0.25, -0.2) is 4.90 Å². The lowest BCUT2D eigenvalue weighted by molar-refractivity contribution is -0.120. The summed E-state index contributed by atoms with van der Waals surface area (Å²) in [5, 5.41) is 3.73. The fourth-order valence-electron chi connectivity index (χ4n) is 3.91. The smallest absolute Gasteiger partial charge is 0.282 e. The average Bonchev–Trinajstić information content (AvgIpc) is 2.94. The van der Waals surface area contributed by atoms with Crippen molar-refractivity contribution in [3.05, 3.63) is 99.2 Å². The number of imide groups is 1. The molecule has 0 aliphatic carbocycles. The Morgan fingerprint density at radius 2 is 1.52 bits per heavy atom. The molecule has 4 nitrogen and oxygen atoms in total. The van der Waals surface area contributed by atoms with E-state index in [1.165, 1.54) is 4.90 Å². The molecule has 0 saturated heterocycles. The van der Waals surface area contributed by atoms with Crippen molar-refractivity contribution in [2.24, 2.45) is 0 Å². The molecule has 0 saturated carbocycles. The maximum atomic E-state index is 13.6. The number of anilines is 2. The number of hydrogen-bond donors (Lipinski definition) is 1. The van der Waals surface area contributed by atoms with E-state index in [1.54, 1.807) is 25.1 Å². The van der Waals surface area contributed by atoms with Crippen LogP contribution in [-0.4, -0.2) is 11.8 Å². The second-order valence-corrected chi connectivity index (χ2v) is 8.30. The number of nitrogens with zero attached hydrogens (tertiary/aromatic N) is 1. The van der Waals surface area contributed by atoms with Crippen LogP contribution in [-0.2, 0) is 9.59 Å². The molecule has 0 unspecified atom stereocenters. The van der Waals surface area contributed by atoms with Gasteiger partial charge >= 0.3 is 0 Å². The zero-order valence-electron chi connectivity index (χ0n) is 17.9. The van der Waals surface area contributed by atoms with Gasteiger partial charge in [-0.2, -0.15) is 0 Å². The summed E-state index contributed by atoms with van der Waals surface area (Å²) in [6.07, 6.45) is 0. The van der Waals surface area contributed by atoms with Crippen LogP contribution in [0.15, 0.2) is 66.4 Å². The largest absolute Gasteiger partial charge is 0.350 e. The van der Waals surface area contributed by atoms with E-state index >= 15 is 0 Å². The van der Waals surface area contributed by atoms with Crippen LogP contribution in [0, 0.1) is 27.7 Å². The summed E-state index contributed by atoms with van der Waals surface area (Å²) in [6.45, 7) is 7.74. The Hall–Kier alpha value is -3.37.